The molecule has 1 unspecified atom stereocenters. The average molecular weight is 179 g/mol. The number of rotatable bonds is 3. The van der Waals surface area contributed by atoms with Gasteiger partial charge in [-0.05, 0) is 31.8 Å². The van der Waals surface area contributed by atoms with E-state index < -0.39 is 0 Å². The Morgan fingerprint density at radius 1 is 1.77 bits per heavy atom. The zero-order chi connectivity index (χ0) is 9.68. The molecule has 0 radical (unpaired) electrons. The van der Waals surface area contributed by atoms with Crippen molar-refractivity contribution in [3.8, 4) is 0 Å². The average Bonchev–Trinajstić information content (AvgIpc) is 2.08. The Morgan fingerprint density at radius 2 is 2.54 bits per heavy atom. The summed E-state index contributed by atoms with van der Waals surface area (Å²) in [5.41, 5.74) is 7.17. The highest BCUT2D eigenvalue weighted by atomic mass is 16.3. The van der Waals surface area contributed by atoms with Gasteiger partial charge in [0.25, 0.3) is 0 Å². The van der Waals surface area contributed by atoms with Crippen LogP contribution in [0.25, 0.3) is 0 Å². The van der Waals surface area contributed by atoms with E-state index in [4.69, 9.17) is 10.8 Å². The van der Waals surface area contributed by atoms with Crippen LogP contribution in [0.4, 0.5) is 0 Å². The molecular formula is C11H17NO. The summed E-state index contributed by atoms with van der Waals surface area (Å²) in [7, 11) is 0. The topological polar surface area (TPSA) is 46.2 Å². The molecule has 0 amide bonds. The Hall–Kier alpha value is -1.02. The number of allylic oxidation sites excluding steroid dienone is 3. The lowest BCUT2D eigenvalue weighted by Crippen LogP contribution is -2.21. The SMILES string of the molecule is C=C(O)/C=C\CC1=CCC(N)CC1. The number of hydrogen-bond donors (Lipinski definition) is 2. The van der Waals surface area contributed by atoms with Crippen molar-refractivity contribution in [2.75, 3.05) is 0 Å². The van der Waals surface area contributed by atoms with Crippen molar-refractivity contribution in [3.63, 3.8) is 0 Å². The summed E-state index contributed by atoms with van der Waals surface area (Å²) < 4.78 is 0. The van der Waals surface area contributed by atoms with E-state index in [1.54, 1.807) is 6.08 Å². The molecule has 1 rings (SSSR count). The van der Waals surface area contributed by atoms with Crippen LogP contribution >= 0.6 is 0 Å². The van der Waals surface area contributed by atoms with Gasteiger partial charge in [-0.3, -0.25) is 0 Å². The summed E-state index contributed by atoms with van der Waals surface area (Å²) in [6, 6.07) is 0.348. The minimum atomic E-state index is 0.119. The molecule has 2 heteroatoms. The molecule has 0 aromatic rings. The van der Waals surface area contributed by atoms with Crippen molar-refractivity contribution in [2.45, 2.75) is 31.7 Å². The van der Waals surface area contributed by atoms with Gasteiger partial charge in [-0.1, -0.05) is 24.3 Å². The second-order valence-electron chi connectivity index (χ2n) is 3.49. The lowest BCUT2D eigenvalue weighted by molar-refractivity contribution is 0.435. The summed E-state index contributed by atoms with van der Waals surface area (Å²) in [5, 5.41) is 8.80. The Bertz CT molecular complexity index is 240. The second kappa shape index (κ2) is 4.87. The molecule has 72 valence electrons. The van der Waals surface area contributed by atoms with Crippen LogP contribution in [-0.2, 0) is 0 Å². The lowest BCUT2D eigenvalue weighted by atomic mass is 9.94. The maximum Gasteiger partial charge on any atom is 0.108 e. The summed E-state index contributed by atoms with van der Waals surface area (Å²) in [6.45, 7) is 3.38. The zero-order valence-corrected chi connectivity index (χ0v) is 7.87. The predicted octanol–water partition coefficient (Wildman–Crippen LogP) is 2.44. The fourth-order valence-corrected chi connectivity index (χ4v) is 1.44. The van der Waals surface area contributed by atoms with Crippen molar-refractivity contribution in [2.24, 2.45) is 5.73 Å². The van der Waals surface area contributed by atoms with Crippen molar-refractivity contribution in [3.05, 3.63) is 36.1 Å². The third kappa shape index (κ3) is 3.95. The molecule has 1 aliphatic rings. The zero-order valence-electron chi connectivity index (χ0n) is 7.87. The molecule has 1 atom stereocenters. The van der Waals surface area contributed by atoms with Crippen LogP contribution in [0.5, 0.6) is 0 Å². The lowest BCUT2D eigenvalue weighted by Gasteiger charge is -2.16. The van der Waals surface area contributed by atoms with E-state index in [2.05, 4.69) is 12.7 Å². The summed E-state index contributed by atoms with van der Waals surface area (Å²) in [4.78, 5) is 0. The first-order valence-electron chi connectivity index (χ1n) is 4.66. The van der Waals surface area contributed by atoms with Gasteiger partial charge in [0.15, 0.2) is 0 Å². The van der Waals surface area contributed by atoms with E-state index in [0.717, 1.165) is 25.7 Å². The number of nitrogens with two attached hydrogens (primary N) is 1. The molecule has 13 heavy (non-hydrogen) atoms. The van der Waals surface area contributed by atoms with E-state index in [-0.39, 0.29) is 5.76 Å². The van der Waals surface area contributed by atoms with Crippen molar-refractivity contribution in [1.82, 2.24) is 0 Å². The van der Waals surface area contributed by atoms with Gasteiger partial charge in [0.1, 0.15) is 5.76 Å². The van der Waals surface area contributed by atoms with E-state index in [1.807, 2.05) is 6.08 Å². The monoisotopic (exact) mass is 179 g/mol. The van der Waals surface area contributed by atoms with E-state index in [9.17, 15) is 0 Å². The molecule has 3 N–H and O–H groups in total. The molecule has 0 aromatic carbocycles. The molecule has 0 saturated carbocycles. The van der Waals surface area contributed by atoms with Crippen LogP contribution < -0.4 is 5.73 Å². The standard InChI is InChI=1S/C11H17NO/c1-9(13)3-2-4-10-5-7-11(12)8-6-10/h2-3,5,11,13H,1,4,6-8,12H2/b3-2-. The molecule has 0 bridgehead atoms. The third-order valence-electron chi connectivity index (χ3n) is 2.24. The maximum absolute atomic E-state index is 8.80. The molecule has 0 aromatic heterocycles. The quantitative estimate of drug-likeness (QED) is 0.397. The van der Waals surface area contributed by atoms with Crippen LogP contribution in [0.3, 0.4) is 0 Å². The van der Waals surface area contributed by atoms with Gasteiger partial charge in [0.05, 0.1) is 0 Å². The number of hydrogen-bond acceptors (Lipinski definition) is 2. The largest absolute Gasteiger partial charge is 0.509 e. The second-order valence-corrected chi connectivity index (χ2v) is 3.49. The predicted molar refractivity (Wildman–Crippen MR) is 55.4 cm³/mol. The molecule has 0 spiro atoms. The van der Waals surface area contributed by atoms with E-state index in [1.165, 1.54) is 5.57 Å². The number of aliphatic hydroxyl groups excluding tert-OH is 1. The van der Waals surface area contributed by atoms with Gasteiger partial charge in [-0.15, -0.1) is 0 Å². The molecule has 1 aliphatic carbocycles. The van der Waals surface area contributed by atoms with Crippen LogP contribution in [0.2, 0.25) is 0 Å². The Balaban J connectivity index is 2.34. The van der Waals surface area contributed by atoms with Crippen molar-refractivity contribution < 1.29 is 5.11 Å². The fraction of sp³-hybridized carbons (Fsp3) is 0.455. The first-order valence-corrected chi connectivity index (χ1v) is 4.66. The van der Waals surface area contributed by atoms with Crippen molar-refractivity contribution >= 4 is 0 Å². The highest BCUT2D eigenvalue weighted by Gasteiger charge is 2.08. The molecule has 0 saturated heterocycles. The summed E-state index contributed by atoms with van der Waals surface area (Å²) >= 11 is 0. The molecular weight excluding hydrogens is 162 g/mol. The minimum Gasteiger partial charge on any atom is -0.509 e. The van der Waals surface area contributed by atoms with Gasteiger partial charge in [0.2, 0.25) is 0 Å². The highest BCUT2D eigenvalue weighted by molar-refractivity contribution is 5.15. The molecule has 0 heterocycles. The first-order chi connectivity index (χ1) is 6.18. The van der Waals surface area contributed by atoms with Crippen LogP contribution in [0.1, 0.15) is 25.7 Å². The van der Waals surface area contributed by atoms with Crippen LogP contribution in [0, 0.1) is 0 Å². The van der Waals surface area contributed by atoms with Gasteiger partial charge in [-0.25, -0.2) is 0 Å². The van der Waals surface area contributed by atoms with Gasteiger partial charge < -0.3 is 10.8 Å². The van der Waals surface area contributed by atoms with E-state index >= 15 is 0 Å². The summed E-state index contributed by atoms with van der Waals surface area (Å²) in [5.74, 6) is 0.119. The Morgan fingerprint density at radius 3 is 3.08 bits per heavy atom. The fourth-order valence-electron chi connectivity index (χ4n) is 1.44. The smallest absolute Gasteiger partial charge is 0.108 e. The molecule has 2 nitrogen and oxygen atoms in total. The molecule has 0 aliphatic heterocycles. The van der Waals surface area contributed by atoms with Gasteiger partial charge in [0, 0.05) is 6.04 Å². The first kappa shape index (κ1) is 10.1. The maximum atomic E-state index is 8.80. The van der Waals surface area contributed by atoms with Crippen LogP contribution in [-0.4, -0.2) is 11.1 Å². The number of aliphatic hydroxyl groups is 1. The van der Waals surface area contributed by atoms with E-state index in [0.29, 0.717) is 6.04 Å². The summed E-state index contributed by atoms with van der Waals surface area (Å²) in [6.07, 6.45) is 9.84. The van der Waals surface area contributed by atoms with Gasteiger partial charge in [-0.2, -0.15) is 0 Å². The normalized spacial score (nSPS) is 23.2. The van der Waals surface area contributed by atoms with Crippen LogP contribution in [0.15, 0.2) is 36.1 Å². The third-order valence-corrected chi connectivity index (χ3v) is 2.24. The molecule has 0 fully saturated rings. The van der Waals surface area contributed by atoms with Gasteiger partial charge >= 0.3 is 0 Å². The highest BCUT2D eigenvalue weighted by Crippen LogP contribution is 2.19. The Labute approximate surface area is 79.4 Å². The van der Waals surface area contributed by atoms with Crippen molar-refractivity contribution in [1.29, 1.82) is 0 Å². The minimum absolute atomic E-state index is 0.119. The Kier molecular flexibility index (Phi) is 3.77.